The molecule has 0 saturated heterocycles. The molecule has 1 aliphatic carbocycles. The molecule has 2 heteroatoms. The summed E-state index contributed by atoms with van der Waals surface area (Å²) in [6.45, 7) is 8.49. The smallest absolute Gasteiger partial charge is 0.0798 e. The highest BCUT2D eigenvalue weighted by molar-refractivity contribution is 7.78. The van der Waals surface area contributed by atoms with Crippen LogP contribution in [0.5, 0.6) is 0 Å². The zero-order valence-electron chi connectivity index (χ0n) is 17.7. The van der Waals surface area contributed by atoms with E-state index in [4.69, 9.17) is 12.2 Å². The van der Waals surface area contributed by atoms with Crippen molar-refractivity contribution in [1.82, 2.24) is 0 Å². The van der Waals surface area contributed by atoms with Gasteiger partial charge in [-0.15, -0.1) is 0 Å². The molecule has 0 bridgehead atoms. The number of aryl methyl sites for hydroxylation is 3. The van der Waals surface area contributed by atoms with Crippen LogP contribution in [0.15, 0.2) is 35.3 Å². The summed E-state index contributed by atoms with van der Waals surface area (Å²) in [7, 11) is 0. The number of hydrogen-bond donors (Lipinski definition) is 0. The van der Waals surface area contributed by atoms with E-state index >= 15 is 0 Å². The van der Waals surface area contributed by atoms with Crippen molar-refractivity contribution in [1.29, 1.82) is 0 Å². The van der Waals surface area contributed by atoms with Crippen LogP contribution in [0.3, 0.4) is 0 Å². The predicted molar refractivity (Wildman–Crippen MR) is 126 cm³/mol. The van der Waals surface area contributed by atoms with Crippen LogP contribution in [0.1, 0.15) is 66.0 Å². The van der Waals surface area contributed by atoms with Crippen molar-refractivity contribution in [3.63, 3.8) is 0 Å². The van der Waals surface area contributed by atoms with Gasteiger partial charge in [-0.25, -0.2) is 0 Å². The Labute approximate surface area is 180 Å². The average molecular weight is 398 g/mol. The van der Waals surface area contributed by atoms with Crippen molar-refractivity contribution >= 4 is 23.1 Å². The van der Waals surface area contributed by atoms with Crippen molar-refractivity contribution < 1.29 is 0 Å². The zero-order chi connectivity index (χ0) is 20.8. The number of thiocarbonyl (C=S) groups is 1. The van der Waals surface area contributed by atoms with Crippen molar-refractivity contribution in [3.8, 4) is 23.7 Å². The van der Waals surface area contributed by atoms with E-state index in [1.165, 1.54) is 25.7 Å². The minimum atomic E-state index is 0.558. The molecule has 0 unspecified atom stereocenters. The van der Waals surface area contributed by atoms with Crippen molar-refractivity contribution in [3.05, 3.63) is 63.7 Å². The highest BCUT2D eigenvalue weighted by Gasteiger charge is 2.15. The normalized spacial score (nSPS) is 17.9. The SMILES string of the molecule is Cc1cc(C#CC2CCC(C)CC2)ccc1C#Cc1cc(C)c(N=C=S)c(C)c1. The van der Waals surface area contributed by atoms with Gasteiger partial charge < -0.3 is 0 Å². The summed E-state index contributed by atoms with van der Waals surface area (Å²) >= 11 is 4.73. The number of isothiocyanates is 1. The Hall–Kier alpha value is -2.64. The van der Waals surface area contributed by atoms with E-state index in [2.05, 4.69) is 65.9 Å². The molecule has 0 spiro atoms. The lowest BCUT2D eigenvalue weighted by molar-refractivity contribution is 0.337. The maximum atomic E-state index is 4.73. The largest absolute Gasteiger partial charge is 0.194 e. The Morgan fingerprint density at radius 1 is 0.828 bits per heavy atom. The first kappa shape index (κ1) is 21.1. The monoisotopic (exact) mass is 397 g/mol. The first-order chi connectivity index (χ1) is 14.0. The first-order valence-corrected chi connectivity index (χ1v) is 10.7. The van der Waals surface area contributed by atoms with Gasteiger partial charge in [-0.05, 0) is 112 Å². The van der Waals surface area contributed by atoms with E-state index < -0.39 is 0 Å². The van der Waals surface area contributed by atoms with Gasteiger partial charge in [0.25, 0.3) is 0 Å². The summed E-state index contributed by atoms with van der Waals surface area (Å²) in [5.74, 6) is 14.9. The van der Waals surface area contributed by atoms with Crippen molar-refractivity contribution in [2.45, 2.75) is 53.4 Å². The van der Waals surface area contributed by atoms with E-state index in [1.54, 1.807) is 0 Å². The van der Waals surface area contributed by atoms with Crippen molar-refractivity contribution in [2.24, 2.45) is 16.8 Å². The second-order valence-electron chi connectivity index (χ2n) is 8.17. The molecular formula is C27H27NS. The average Bonchev–Trinajstić information content (AvgIpc) is 2.69. The van der Waals surface area contributed by atoms with Gasteiger partial charge in [-0.2, -0.15) is 4.99 Å². The number of nitrogens with zero attached hydrogens (tertiary/aromatic N) is 1. The van der Waals surface area contributed by atoms with Crippen LogP contribution < -0.4 is 0 Å². The minimum absolute atomic E-state index is 0.558. The molecule has 0 radical (unpaired) electrons. The van der Waals surface area contributed by atoms with Crippen LogP contribution in [0.2, 0.25) is 0 Å². The van der Waals surface area contributed by atoms with Gasteiger partial charge in [0.1, 0.15) is 0 Å². The summed E-state index contributed by atoms with van der Waals surface area (Å²) in [4.78, 5) is 4.15. The van der Waals surface area contributed by atoms with E-state index in [0.717, 1.165) is 45.0 Å². The fraction of sp³-hybridized carbons (Fsp3) is 0.370. The van der Waals surface area contributed by atoms with Gasteiger partial charge in [-0.1, -0.05) is 30.6 Å². The number of aliphatic imine (C=N–C) groups is 1. The second kappa shape index (κ2) is 9.71. The lowest BCUT2D eigenvalue weighted by Crippen LogP contribution is -2.10. The molecule has 2 aromatic carbocycles. The van der Waals surface area contributed by atoms with Gasteiger partial charge in [0.15, 0.2) is 0 Å². The summed E-state index contributed by atoms with van der Waals surface area (Å²) in [6.07, 6.45) is 5.10. The predicted octanol–water partition coefficient (Wildman–Crippen LogP) is 6.92. The van der Waals surface area contributed by atoms with Gasteiger partial charge in [0.2, 0.25) is 0 Å². The van der Waals surface area contributed by atoms with E-state index in [1.807, 2.05) is 26.0 Å². The third-order valence-electron chi connectivity index (χ3n) is 5.65. The molecule has 1 fully saturated rings. The van der Waals surface area contributed by atoms with Crippen LogP contribution in [0, 0.1) is 56.3 Å². The van der Waals surface area contributed by atoms with E-state index in [-0.39, 0.29) is 0 Å². The van der Waals surface area contributed by atoms with Crippen LogP contribution >= 0.6 is 12.2 Å². The fourth-order valence-corrected chi connectivity index (χ4v) is 3.95. The molecule has 0 N–H and O–H groups in total. The summed E-state index contributed by atoms with van der Waals surface area (Å²) in [6, 6.07) is 10.4. The fourth-order valence-electron chi connectivity index (χ4n) is 3.86. The Morgan fingerprint density at radius 3 is 2.10 bits per heavy atom. The molecule has 29 heavy (non-hydrogen) atoms. The molecule has 2 aromatic rings. The highest BCUT2D eigenvalue weighted by Crippen LogP contribution is 2.28. The molecule has 1 saturated carbocycles. The van der Waals surface area contributed by atoms with Gasteiger partial charge >= 0.3 is 0 Å². The maximum absolute atomic E-state index is 4.73. The van der Waals surface area contributed by atoms with Gasteiger partial charge in [0, 0.05) is 22.6 Å². The maximum Gasteiger partial charge on any atom is 0.0798 e. The lowest BCUT2D eigenvalue weighted by Gasteiger charge is -2.21. The van der Waals surface area contributed by atoms with E-state index in [0.29, 0.717) is 5.92 Å². The Morgan fingerprint density at radius 2 is 1.48 bits per heavy atom. The molecule has 1 nitrogen and oxygen atoms in total. The highest BCUT2D eigenvalue weighted by atomic mass is 32.1. The molecular weight excluding hydrogens is 370 g/mol. The summed E-state index contributed by atoms with van der Waals surface area (Å²) < 4.78 is 0. The molecule has 3 rings (SSSR count). The summed E-state index contributed by atoms with van der Waals surface area (Å²) in [5, 5.41) is 2.45. The van der Waals surface area contributed by atoms with Crippen LogP contribution in [0.25, 0.3) is 0 Å². The van der Waals surface area contributed by atoms with Crippen LogP contribution in [-0.2, 0) is 0 Å². The second-order valence-corrected chi connectivity index (χ2v) is 8.35. The van der Waals surface area contributed by atoms with Crippen LogP contribution in [-0.4, -0.2) is 5.16 Å². The van der Waals surface area contributed by atoms with Crippen molar-refractivity contribution in [2.75, 3.05) is 0 Å². The minimum Gasteiger partial charge on any atom is -0.194 e. The standard InChI is InChI=1S/C27H27NS/c1-19-5-7-23(8-6-19)9-10-24-11-13-26(20(2)15-24)14-12-25-16-21(3)27(28-18-29)22(4)17-25/h11,13,15-17,19,23H,5-8H2,1-4H3. The Balaban J connectivity index is 1.76. The lowest BCUT2D eigenvalue weighted by atomic mass is 9.83. The quantitative estimate of drug-likeness (QED) is 0.289. The number of hydrogen-bond acceptors (Lipinski definition) is 2. The van der Waals surface area contributed by atoms with Crippen LogP contribution in [0.4, 0.5) is 5.69 Å². The molecule has 0 atom stereocenters. The molecule has 0 aromatic heterocycles. The molecule has 146 valence electrons. The third kappa shape index (κ3) is 5.68. The van der Waals surface area contributed by atoms with E-state index in [9.17, 15) is 0 Å². The van der Waals surface area contributed by atoms with Gasteiger partial charge in [-0.3, -0.25) is 0 Å². The molecule has 0 amide bonds. The Kier molecular flexibility index (Phi) is 7.06. The Bertz CT molecular complexity index is 1050. The van der Waals surface area contributed by atoms with Gasteiger partial charge in [0.05, 0.1) is 10.8 Å². The number of benzene rings is 2. The third-order valence-corrected chi connectivity index (χ3v) is 5.74. The molecule has 0 heterocycles. The summed E-state index contributed by atoms with van der Waals surface area (Å²) in [5.41, 5.74) is 7.28. The first-order valence-electron chi connectivity index (χ1n) is 10.3. The molecule has 1 aliphatic rings. The molecule has 0 aliphatic heterocycles. The zero-order valence-corrected chi connectivity index (χ0v) is 18.5. The topological polar surface area (TPSA) is 12.4 Å². The number of rotatable bonds is 1.